The van der Waals surface area contributed by atoms with Gasteiger partial charge in [-0.1, -0.05) is 18.9 Å². The Morgan fingerprint density at radius 2 is 1.75 bits per heavy atom. The molecule has 16 heavy (non-hydrogen) atoms. The minimum absolute atomic E-state index is 0.743. The van der Waals surface area contributed by atoms with Gasteiger partial charge in [0.1, 0.15) is 0 Å². The number of hydrogen-bond acceptors (Lipinski definition) is 1. The van der Waals surface area contributed by atoms with Crippen LogP contribution in [-0.4, -0.2) is 13.6 Å². The Bertz CT molecular complexity index is 313. The number of aryl methyl sites for hydroxylation is 1. The second-order valence-electron chi connectivity index (χ2n) is 4.02. The van der Waals surface area contributed by atoms with Crippen molar-refractivity contribution in [3.8, 4) is 0 Å². The second kappa shape index (κ2) is 7.34. The van der Waals surface area contributed by atoms with E-state index in [1.165, 1.54) is 25.0 Å². The molecule has 0 atom stereocenters. The van der Waals surface area contributed by atoms with E-state index >= 15 is 0 Å². The molecule has 0 aliphatic heterocycles. The van der Waals surface area contributed by atoms with E-state index in [1.807, 2.05) is 7.05 Å². The molecule has 0 radical (unpaired) electrons. The standard InChI is InChI=1S/C13H19F2N/c1-16-9-5-3-2-4-6-11-7-8-12(14)13(15)10-11/h7-8,10,16H,2-6,9H2,1H3. The van der Waals surface area contributed by atoms with Crippen LogP contribution in [0, 0.1) is 11.6 Å². The molecular weight excluding hydrogens is 208 g/mol. The fourth-order valence-corrected chi connectivity index (χ4v) is 1.68. The van der Waals surface area contributed by atoms with Crippen molar-refractivity contribution in [3.63, 3.8) is 0 Å². The van der Waals surface area contributed by atoms with Crippen LogP contribution in [0.2, 0.25) is 0 Å². The average molecular weight is 227 g/mol. The maximum absolute atomic E-state index is 12.9. The van der Waals surface area contributed by atoms with Crippen LogP contribution in [0.3, 0.4) is 0 Å². The van der Waals surface area contributed by atoms with Gasteiger partial charge >= 0.3 is 0 Å². The van der Waals surface area contributed by atoms with Crippen LogP contribution in [0.25, 0.3) is 0 Å². The SMILES string of the molecule is CNCCCCCCc1ccc(F)c(F)c1. The lowest BCUT2D eigenvalue weighted by Crippen LogP contribution is -2.06. The van der Waals surface area contributed by atoms with Gasteiger partial charge in [-0.05, 0) is 50.6 Å². The Morgan fingerprint density at radius 3 is 2.44 bits per heavy atom. The summed E-state index contributed by atoms with van der Waals surface area (Å²) in [6, 6.07) is 4.15. The first-order valence-corrected chi connectivity index (χ1v) is 5.82. The van der Waals surface area contributed by atoms with Gasteiger partial charge in [-0.3, -0.25) is 0 Å². The summed E-state index contributed by atoms with van der Waals surface area (Å²) in [7, 11) is 1.95. The van der Waals surface area contributed by atoms with Crippen molar-refractivity contribution in [2.75, 3.05) is 13.6 Å². The smallest absolute Gasteiger partial charge is 0.159 e. The summed E-state index contributed by atoms with van der Waals surface area (Å²) in [6.45, 7) is 1.05. The van der Waals surface area contributed by atoms with E-state index in [2.05, 4.69) is 5.32 Å². The third-order valence-electron chi connectivity index (χ3n) is 2.63. The molecule has 0 aliphatic carbocycles. The van der Waals surface area contributed by atoms with E-state index in [1.54, 1.807) is 6.07 Å². The molecular formula is C13H19F2N. The maximum Gasteiger partial charge on any atom is 0.159 e. The Labute approximate surface area is 95.9 Å². The summed E-state index contributed by atoms with van der Waals surface area (Å²) in [4.78, 5) is 0. The Morgan fingerprint density at radius 1 is 1.00 bits per heavy atom. The number of rotatable bonds is 7. The van der Waals surface area contributed by atoms with Crippen molar-refractivity contribution in [3.05, 3.63) is 35.4 Å². The number of hydrogen-bond donors (Lipinski definition) is 1. The van der Waals surface area contributed by atoms with E-state index < -0.39 is 11.6 Å². The van der Waals surface area contributed by atoms with Crippen LogP contribution >= 0.6 is 0 Å². The zero-order chi connectivity index (χ0) is 11.8. The van der Waals surface area contributed by atoms with Crippen LogP contribution in [0.15, 0.2) is 18.2 Å². The van der Waals surface area contributed by atoms with Crippen molar-refractivity contribution in [2.24, 2.45) is 0 Å². The molecule has 1 aromatic carbocycles. The van der Waals surface area contributed by atoms with Crippen LogP contribution < -0.4 is 5.32 Å². The summed E-state index contributed by atoms with van der Waals surface area (Å²) in [5.74, 6) is -1.51. The molecule has 1 aromatic rings. The largest absolute Gasteiger partial charge is 0.320 e. The number of nitrogens with one attached hydrogen (secondary N) is 1. The highest BCUT2D eigenvalue weighted by molar-refractivity contribution is 5.17. The molecule has 90 valence electrons. The summed E-state index contributed by atoms with van der Waals surface area (Å²) in [5, 5.41) is 3.10. The van der Waals surface area contributed by atoms with Crippen LogP contribution in [0.4, 0.5) is 8.78 Å². The van der Waals surface area contributed by atoms with Crippen molar-refractivity contribution >= 4 is 0 Å². The molecule has 0 heterocycles. The zero-order valence-corrected chi connectivity index (χ0v) is 9.73. The van der Waals surface area contributed by atoms with Gasteiger partial charge in [-0.25, -0.2) is 8.78 Å². The first-order valence-electron chi connectivity index (χ1n) is 5.82. The van der Waals surface area contributed by atoms with Gasteiger partial charge < -0.3 is 5.32 Å². The molecule has 0 fully saturated rings. The van der Waals surface area contributed by atoms with E-state index in [9.17, 15) is 8.78 Å². The van der Waals surface area contributed by atoms with Crippen molar-refractivity contribution in [1.29, 1.82) is 0 Å². The molecule has 1 nitrogen and oxygen atoms in total. The molecule has 0 spiro atoms. The van der Waals surface area contributed by atoms with Gasteiger partial charge in [0.05, 0.1) is 0 Å². The summed E-state index contributed by atoms with van der Waals surface area (Å²) in [5.41, 5.74) is 0.882. The van der Waals surface area contributed by atoms with Crippen LogP contribution in [0.5, 0.6) is 0 Å². The van der Waals surface area contributed by atoms with E-state index in [-0.39, 0.29) is 0 Å². The number of unbranched alkanes of at least 4 members (excludes halogenated alkanes) is 3. The molecule has 0 aliphatic rings. The molecule has 0 aromatic heterocycles. The third kappa shape index (κ3) is 4.71. The molecule has 0 saturated heterocycles. The van der Waals surface area contributed by atoms with E-state index in [0.717, 1.165) is 31.4 Å². The Kier molecular flexibility index (Phi) is 6.01. The molecule has 3 heteroatoms. The van der Waals surface area contributed by atoms with Gasteiger partial charge in [0, 0.05) is 0 Å². The van der Waals surface area contributed by atoms with E-state index in [0.29, 0.717) is 0 Å². The maximum atomic E-state index is 12.9. The highest BCUT2D eigenvalue weighted by Crippen LogP contribution is 2.12. The van der Waals surface area contributed by atoms with E-state index in [4.69, 9.17) is 0 Å². The lowest BCUT2D eigenvalue weighted by molar-refractivity contribution is 0.506. The topological polar surface area (TPSA) is 12.0 Å². The number of benzene rings is 1. The zero-order valence-electron chi connectivity index (χ0n) is 9.73. The Balaban J connectivity index is 2.19. The molecule has 0 bridgehead atoms. The lowest BCUT2D eigenvalue weighted by atomic mass is 10.1. The van der Waals surface area contributed by atoms with Crippen LogP contribution in [-0.2, 0) is 6.42 Å². The second-order valence-corrected chi connectivity index (χ2v) is 4.02. The molecule has 0 amide bonds. The summed E-state index contributed by atoms with van der Waals surface area (Å²) < 4.78 is 25.5. The van der Waals surface area contributed by atoms with Gasteiger partial charge in [0.15, 0.2) is 11.6 Å². The van der Waals surface area contributed by atoms with Crippen molar-refractivity contribution in [2.45, 2.75) is 32.1 Å². The number of halogens is 2. The quantitative estimate of drug-likeness (QED) is 0.705. The third-order valence-corrected chi connectivity index (χ3v) is 2.63. The fraction of sp³-hybridized carbons (Fsp3) is 0.538. The molecule has 0 saturated carbocycles. The lowest BCUT2D eigenvalue weighted by Gasteiger charge is -2.03. The highest BCUT2D eigenvalue weighted by atomic mass is 19.2. The predicted octanol–water partition coefficient (Wildman–Crippen LogP) is 3.29. The average Bonchev–Trinajstić information content (AvgIpc) is 2.28. The van der Waals surface area contributed by atoms with Crippen molar-refractivity contribution in [1.82, 2.24) is 5.32 Å². The molecule has 0 unspecified atom stereocenters. The normalized spacial score (nSPS) is 10.7. The van der Waals surface area contributed by atoms with Gasteiger partial charge in [0.25, 0.3) is 0 Å². The minimum atomic E-state index is -0.766. The Hall–Kier alpha value is -0.960. The highest BCUT2D eigenvalue weighted by Gasteiger charge is 2.01. The van der Waals surface area contributed by atoms with Gasteiger partial charge in [-0.2, -0.15) is 0 Å². The predicted molar refractivity (Wildman–Crippen MR) is 62.5 cm³/mol. The fourth-order valence-electron chi connectivity index (χ4n) is 1.68. The molecule has 1 rings (SSSR count). The minimum Gasteiger partial charge on any atom is -0.320 e. The summed E-state index contributed by atoms with van der Waals surface area (Å²) >= 11 is 0. The first-order chi connectivity index (χ1) is 7.74. The van der Waals surface area contributed by atoms with Crippen LogP contribution in [0.1, 0.15) is 31.2 Å². The van der Waals surface area contributed by atoms with Crippen molar-refractivity contribution < 1.29 is 8.78 Å². The van der Waals surface area contributed by atoms with Gasteiger partial charge in [0.2, 0.25) is 0 Å². The monoisotopic (exact) mass is 227 g/mol. The summed E-state index contributed by atoms with van der Waals surface area (Å²) in [6.07, 6.45) is 5.37. The van der Waals surface area contributed by atoms with Gasteiger partial charge in [-0.15, -0.1) is 0 Å². The molecule has 1 N–H and O–H groups in total. The first kappa shape index (κ1) is 13.1.